The fourth-order valence-electron chi connectivity index (χ4n) is 4.70. The molecule has 172 valence electrons. The Bertz CT molecular complexity index is 914. The van der Waals surface area contributed by atoms with Crippen LogP contribution in [0.2, 0.25) is 0 Å². The molecule has 0 spiro atoms. The molecule has 0 aliphatic carbocycles. The first-order valence-corrected chi connectivity index (χ1v) is 11.0. The molecule has 32 heavy (non-hydrogen) atoms. The van der Waals surface area contributed by atoms with Gasteiger partial charge in [-0.15, -0.1) is 0 Å². The van der Waals surface area contributed by atoms with Crippen molar-refractivity contribution in [3.63, 3.8) is 0 Å². The number of ether oxygens (including phenoxy) is 1. The molecule has 3 heterocycles. The van der Waals surface area contributed by atoms with E-state index in [2.05, 4.69) is 15.2 Å². The Labute approximate surface area is 186 Å². The molecule has 2 saturated heterocycles. The molecule has 0 bridgehead atoms. The molecular formula is C24H28F3N3O2. The fraction of sp³-hybridized carbons (Fsp3) is 0.500. The van der Waals surface area contributed by atoms with Crippen LogP contribution in [0, 0.1) is 5.92 Å². The first kappa shape index (κ1) is 22.7. The SMILES string of the molecule is O=C(NC1(c2cccc(C(F)(F)F)c2)CCOCC1)C1CCCN(Cc2cccnc2)C1. The smallest absolute Gasteiger partial charge is 0.381 e. The van der Waals surface area contributed by atoms with Gasteiger partial charge in [0, 0.05) is 38.7 Å². The standard InChI is InChI=1S/C24H28F3N3O2/c25-24(26,27)21-7-1-6-20(14-21)23(8-12-32-13-9-23)29-22(31)19-5-3-11-30(17-19)16-18-4-2-10-28-15-18/h1-2,4,6-7,10,14-15,19H,3,5,8-9,11-13,16-17H2,(H,29,31). The highest BCUT2D eigenvalue weighted by atomic mass is 19.4. The molecule has 0 saturated carbocycles. The maximum atomic E-state index is 13.3. The number of amides is 1. The molecule has 1 amide bonds. The quantitative estimate of drug-likeness (QED) is 0.749. The number of alkyl halides is 3. The minimum absolute atomic E-state index is 0.0970. The summed E-state index contributed by atoms with van der Waals surface area (Å²) >= 11 is 0. The van der Waals surface area contributed by atoms with Gasteiger partial charge in [-0.3, -0.25) is 14.7 Å². The maximum Gasteiger partial charge on any atom is 0.416 e. The van der Waals surface area contributed by atoms with Gasteiger partial charge in [0.25, 0.3) is 0 Å². The highest BCUT2D eigenvalue weighted by molar-refractivity contribution is 5.80. The van der Waals surface area contributed by atoms with E-state index in [0.717, 1.165) is 37.6 Å². The number of benzene rings is 1. The Morgan fingerprint density at radius 1 is 1.22 bits per heavy atom. The van der Waals surface area contributed by atoms with Gasteiger partial charge in [-0.05, 0) is 61.6 Å². The number of nitrogens with zero attached hydrogens (tertiary/aromatic N) is 2. The van der Waals surface area contributed by atoms with Crippen molar-refractivity contribution in [1.82, 2.24) is 15.2 Å². The van der Waals surface area contributed by atoms with Crippen molar-refractivity contribution in [2.24, 2.45) is 5.92 Å². The second kappa shape index (κ2) is 9.58. The van der Waals surface area contributed by atoms with E-state index in [9.17, 15) is 18.0 Å². The fourth-order valence-corrected chi connectivity index (χ4v) is 4.70. The number of piperidine rings is 1. The molecule has 1 atom stereocenters. The van der Waals surface area contributed by atoms with E-state index in [1.807, 2.05) is 18.3 Å². The van der Waals surface area contributed by atoms with Crippen molar-refractivity contribution < 1.29 is 22.7 Å². The van der Waals surface area contributed by atoms with Gasteiger partial charge in [0.1, 0.15) is 0 Å². The molecular weight excluding hydrogens is 419 g/mol. The van der Waals surface area contributed by atoms with Gasteiger partial charge in [-0.2, -0.15) is 13.2 Å². The number of rotatable bonds is 5. The van der Waals surface area contributed by atoms with Crippen LogP contribution in [0.15, 0.2) is 48.8 Å². The average Bonchev–Trinajstić information content (AvgIpc) is 2.80. The summed E-state index contributed by atoms with van der Waals surface area (Å²) in [6.45, 7) is 3.05. The lowest BCUT2D eigenvalue weighted by Gasteiger charge is -2.41. The third-order valence-electron chi connectivity index (χ3n) is 6.46. The summed E-state index contributed by atoms with van der Waals surface area (Å²) in [4.78, 5) is 19.7. The van der Waals surface area contributed by atoms with E-state index >= 15 is 0 Å². The summed E-state index contributed by atoms with van der Waals surface area (Å²) in [5.74, 6) is -0.300. The van der Waals surface area contributed by atoms with Crippen molar-refractivity contribution in [2.45, 2.75) is 43.9 Å². The van der Waals surface area contributed by atoms with Crippen molar-refractivity contribution in [3.8, 4) is 0 Å². The highest BCUT2D eigenvalue weighted by Crippen LogP contribution is 2.37. The van der Waals surface area contributed by atoms with E-state index in [4.69, 9.17) is 4.74 Å². The average molecular weight is 448 g/mol. The normalized spacial score (nSPS) is 21.8. The molecule has 1 aromatic heterocycles. The van der Waals surface area contributed by atoms with Crippen LogP contribution in [0.3, 0.4) is 0 Å². The number of likely N-dealkylation sites (tertiary alicyclic amines) is 1. The first-order chi connectivity index (χ1) is 15.4. The molecule has 0 radical (unpaired) electrons. The number of carbonyl (C=O) groups is 1. The van der Waals surface area contributed by atoms with Gasteiger partial charge >= 0.3 is 6.18 Å². The van der Waals surface area contributed by atoms with Crippen LogP contribution in [0.1, 0.15) is 42.4 Å². The zero-order valence-corrected chi connectivity index (χ0v) is 17.9. The molecule has 2 aliphatic rings. The number of hydrogen-bond donors (Lipinski definition) is 1. The predicted molar refractivity (Wildman–Crippen MR) is 114 cm³/mol. The van der Waals surface area contributed by atoms with Crippen LogP contribution in [0.5, 0.6) is 0 Å². The molecule has 2 aliphatic heterocycles. The van der Waals surface area contributed by atoms with Crippen LogP contribution in [0.25, 0.3) is 0 Å². The van der Waals surface area contributed by atoms with E-state index in [1.54, 1.807) is 12.3 Å². The highest BCUT2D eigenvalue weighted by Gasteiger charge is 2.40. The Kier molecular flexibility index (Phi) is 6.81. The predicted octanol–water partition coefficient (Wildman–Crippen LogP) is 4.13. The van der Waals surface area contributed by atoms with Crippen LogP contribution >= 0.6 is 0 Å². The molecule has 8 heteroatoms. The summed E-state index contributed by atoms with van der Waals surface area (Å²) in [5.41, 5.74) is 0.0447. The largest absolute Gasteiger partial charge is 0.416 e. The molecule has 2 fully saturated rings. The Balaban J connectivity index is 1.50. The Morgan fingerprint density at radius 2 is 2.03 bits per heavy atom. The van der Waals surface area contributed by atoms with Crippen molar-refractivity contribution in [2.75, 3.05) is 26.3 Å². The number of halogens is 3. The van der Waals surface area contributed by atoms with Crippen molar-refractivity contribution in [1.29, 1.82) is 0 Å². The zero-order chi connectivity index (χ0) is 22.6. The lowest BCUT2D eigenvalue weighted by molar-refractivity contribution is -0.137. The van der Waals surface area contributed by atoms with Crippen molar-refractivity contribution >= 4 is 5.91 Å². The third-order valence-corrected chi connectivity index (χ3v) is 6.46. The number of hydrogen-bond acceptors (Lipinski definition) is 4. The first-order valence-electron chi connectivity index (χ1n) is 11.0. The van der Waals surface area contributed by atoms with Gasteiger partial charge in [-0.25, -0.2) is 0 Å². The Hall–Kier alpha value is -2.45. The summed E-state index contributed by atoms with van der Waals surface area (Å²) < 4.78 is 45.4. The van der Waals surface area contributed by atoms with Crippen LogP contribution < -0.4 is 5.32 Å². The lowest BCUT2D eigenvalue weighted by Crippen LogP contribution is -2.53. The molecule has 1 N–H and O–H groups in total. The number of nitrogens with one attached hydrogen (secondary N) is 1. The second-order valence-electron chi connectivity index (χ2n) is 8.70. The monoisotopic (exact) mass is 447 g/mol. The third kappa shape index (κ3) is 5.30. The Morgan fingerprint density at radius 3 is 2.75 bits per heavy atom. The maximum absolute atomic E-state index is 13.3. The van der Waals surface area contributed by atoms with Gasteiger partial charge in [0.05, 0.1) is 17.0 Å². The summed E-state index contributed by atoms with van der Waals surface area (Å²) in [6, 6.07) is 9.24. The second-order valence-corrected chi connectivity index (χ2v) is 8.70. The molecule has 5 nitrogen and oxygen atoms in total. The van der Waals surface area contributed by atoms with Gasteiger partial charge in [0.2, 0.25) is 5.91 Å². The minimum Gasteiger partial charge on any atom is -0.381 e. The van der Waals surface area contributed by atoms with Crippen LogP contribution in [-0.4, -0.2) is 42.1 Å². The molecule has 1 unspecified atom stereocenters. The van der Waals surface area contributed by atoms with Gasteiger partial charge in [0.15, 0.2) is 0 Å². The molecule has 4 rings (SSSR count). The van der Waals surface area contributed by atoms with E-state index < -0.39 is 17.3 Å². The summed E-state index contributed by atoms with van der Waals surface area (Å²) in [7, 11) is 0. The molecule has 2 aromatic rings. The van der Waals surface area contributed by atoms with E-state index in [1.165, 1.54) is 12.1 Å². The zero-order valence-electron chi connectivity index (χ0n) is 17.9. The molecule has 1 aromatic carbocycles. The lowest BCUT2D eigenvalue weighted by atomic mass is 9.81. The minimum atomic E-state index is -4.43. The van der Waals surface area contributed by atoms with Gasteiger partial charge < -0.3 is 10.1 Å². The van der Waals surface area contributed by atoms with Gasteiger partial charge in [-0.1, -0.05) is 18.2 Å². The summed E-state index contributed by atoms with van der Waals surface area (Å²) in [6.07, 6.45) is 1.70. The number of carbonyl (C=O) groups excluding carboxylic acids is 1. The van der Waals surface area contributed by atoms with Crippen LogP contribution in [-0.2, 0) is 27.8 Å². The summed E-state index contributed by atoms with van der Waals surface area (Å²) in [5, 5.41) is 3.16. The van der Waals surface area contributed by atoms with E-state index in [-0.39, 0.29) is 11.8 Å². The van der Waals surface area contributed by atoms with Crippen molar-refractivity contribution in [3.05, 3.63) is 65.5 Å². The van der Waals surface area contributed by atoms with Crippen LogP contribution in [0.4, 0.5) is 13.2 Å². The number of pyridine rings is 1. The van der Waals surface area contributed by atoms with E-state index in [0.29, 0.717) is 38.2 Å². The number of aromatic nitrogens is 1. The topological polar surface area (TPSA) is 54.5 Å².